The van der Waals surface area contributed by atoms with E-state index in [1.54, 1.807) is 0 Å². The van der Waals surface area contributed by atoms with E-state index < -0.39 is 5.41 Å². The Morgan fingerprint density at radius 1 is 1.30 bits per heavy atom. The van der Waals surface area contributed by atoms with Gasteiger partial charge in [0.2, 0.25) is 0 Å². The van der Waals surface area contributed by atoms with Crippen LogP contribution in [0.3, 0.4) is 0 Å². The lowest BCUT2D eigenvalue weighted by molar-refractivity contribution is -0.156. The van der Waals surface area contributed by atoms with Crippen molar-refractivity contribution in [1.29, 1.82) is 0 Å². The third kappa shape index (κ3) is 4.23. The molecule has 20 heavy (non-hydrogen) atoms. The Labute approximate surface area is 121 Å². The summed E-state index contributed by atoms with van der Waals surface area (Å²) < 4.78 is 5.25. The van der Waals surface area contributed by atoms with Gasteiger partial charge in [-0.2, -0.15) is 0 Å². The number of carbonyl (C=O) groups is 1. The molecule has 1 aromatic rings. The van der Waals surface area contributed by atoms with Gasteiger partial charge in [-0.1, -0.05) is 26.0 Å². The van der Waals surface area contributed by atoms with Gasteiger partial charge >= 0.3 is 5.97 Å². The van der Waals surface area contributed by atoms with E-state index in [2.05, 4.69) is 13.8 Å². The molecule has 0 saturated heterocycles. The summed E-state index contributed by atoms with van der Waals surface area (Å²) in [5.74, 6) is 0.171. The quantitative estimate of drug-likeness (QED) is 0.593. The maximum atomic E-state index is 12.4. The molecule has 4 heteroatoms. The molecule has 0 heterocycles. The molecule has 1 aromatic carbocycles. The van der Waals surface area contributed by atoms with E-state index in [0.29, 0.717) is 31.1 Å². The zero-order valence-corrected chi connectivity index (χ0v) is 12.7. The normalized spacial score (nSPS) is 14.1. The molecule has 0 aliphatic carbocycles. The molecule has 4 N–H and O–H groups in total. The van der Waals surface area contributed by atoms with Crippen molar-refractivity contribution in [2.75, 3.05) is 18.9 Å². The number of anilines is 1. The van der Waals surface area contributed by atoms with Gasteiger partial charge in [0.1, 0.15) is 0 Å². The molecule has 4 nitrogen and oxygen atoms in total. The van der Waals surface area contributed by atoms with E-state index in [4.69, 9.17) is 16.2 Å². The number of hydrogen-bond donors (Lipinski definition) is 2. The molecule has 0 radical (unpaired) electrons. The summed E-state index contributed by atoms with van der Waals surface area (Å²) in [4.78, 5) is 12.4. The number of nitrogen functional groups attached to an aromatic ring is 1. The number of hydrogen-bond acceptors (Lipinski definition) is 4. The van der Waals surface area contributed by atoms with Gasteiger partial charge in [-0.3, -0.25) is 4.79 Å². The number of nitrogens with two attached hydrogens (primary N) is 2. The van der Waals surface area contributed by atoms with Crippen LogP contribution in [-0.4, -0.2) is 19.1 Å². The number of benzene rings is 1. The fourth-order valence-corrected chi connectivity index (χ4v) is 2.56. The molecular formula is C16H26N2O2. The summed E-state index contributed by atoms with van der Waals surface area (Å²) in [5.41, 5.74) is 12.8. The van der Waals surface area contributed by atoms with Crippen LogP contribution >= 0.6 is 0 Å². The summed E-state index contributed by atoms with van der Waals surface area (Å²) in [6.07, 6.45) is 1.30. The molecule has 1 unspecified atom stereocenters. The van der Waals surface area contributed by atoms with Gasteiger partial charge < -0.3 is 16.2 Å². The van der Waals surface area contributed by atoms with Crippen LogP contribution < -0.4 is 11.5 Å². The van der Waals surface area contributed by atoms with Crippen LogP contribution in [0.15, 0.2) is 24.3 Å². The number of rotatable bonds is 7. The number of carbonyl (C=O) groups excluding carboxylic acids is 1. The summed E-state index contributed by atoms with van der Waals surface area (Å²) in [7, 11) is 0. The second-order valence-corrected chi connectivity index (χ2v) is 5.72. The molecule has 0 bridgehead atoms. The Morgan fingerprint density at radius 3 is 2.35 bits per heavy atom. The molecule has 0 amide bonds. The highest BCUT2D eigenvalue weighted by atomic mass is 16.5. The van der Waals surface area contributed by atoms with Crippen LogP contribution in [0.4, 0.5) is 5.69 Å². The minimum absolute atomic E-state index is 0.201. The SMILES string of the molecule is CCOC(=O)C(CN)(Cc1ccc(N)cc1)CC(C)C. The predicted octanol–water partition coefficient (Wildman–Crippen LogP) is 2.37. The van der Waals surface area contributed by atoms with Crippen LogP contribution in [-0.2, 0) is 16.0 Å². The van der Waals surface area contributed by atoms with Gasteiger partial charge in [0, 0.05) is 12.2 Å². The van der Waals surface area contributed by atoms with Gasteiger partial charge in [-0.05, 0) is 43.4 Å². The minimum atomic E-state index is -0.652. The Bertz CT molecular complexity index is 429. The minimum Gasteiger partial charge on any atom is -0.466 e. The maximum absolute atomic E-state index is 12.4. The first-order chi connectivity index (χ1) is 9.43. The van der Waals surface area contributed by atoms with Crippen LogP contribution in [0.1, 0.15) is 32.8 Å². The van der Waals surface area contributed by atoms with Crippen molar-refractivity contribution in [3.8, 4) is 0 Å². The molecule has 1 atom stereocenters. The Hall–Kier alpha value is -1.55. The molecule has 0 fully saturated rings. The van der Waals surface area contributed by atoms with Crippen molar-refractivity contribution in [1.82, 2.24) is 0 Å². The van der Waals surface area contributed by atoms with Crippen molar-refractivity contribution in [2.24, 2.45) is 17.1 Å². The smallest absolute Gasteiger partial charge is 0.313 e. The summed E-state index contributed by atoms with van der Waals surface area (Å²) in [5, 5.41) is 0. The average molecular weight is 278 g/mol. The van der Waals surface area contributed by atoms with Crippen LogP contribution in [0.25, 0.3) is 0 Å². The van der Waals surface area contributed by atoms with Crippen molar-refractivity contribution in [2.45, 2.75) is 33.6 Å². The first-order valence-corrected chi connectivity index (χ1v) is 7.15. The molecule has 0 aromatic heterocycles. The summed E-state index contributed by atoms with van der Waals surface area (Å²) in [6, 6.07) is 7.58. The zero-order chi connectivity index (χ0) is 15.2. The molecule has 0 saturated carbocycles. The maximum Gasteiger partial charge on any atom is 0.313 e. The number of ether oxygens (including phenoxy) is 1. The average Bonchev–Trinajstić information content (AvgIpc) is 2.40. The highest BCUT2D eigenvalue weighted by Gasteiger charge is 2.39. The highest BCUT2D eigenvalue weighted by Crippen LogP contribution is 2.32. The van der Waals surface area contributed by atoms with Crippen molar-refractivity contribution in [3.05, 3.63) is 29.8 Å². The van der Waals surface area contributed by atoms with Crippen LogP contribution in [0.5, 0.6) is 0 Å². The van der Waals surface area contributed by atoms with E-state index in [1.165, 1.54) is 0 Å². The van der Waals surface area contributed by atoms with Gasteiger partial charge in [-0.15, -0.1) is 0 Å². The molecule has 0 aliphatic rings. The lowest BCUT2D eigenvalue weighted by atomic mass is 9.75. The van der Waals surface area contributed by atoms with Crippen molar-refractivity contribution < 1.29 is 9.53 Å². The van der Waals surface area contributed by atoms with E-state index in [9.17, 15) is 4.79 Å². The second-order valence-electron chi connectivity index (χ2n) is 5.72. The highest BCUT2D eigenvalue weighted by molar-refractivity contribution is 5.77. The Balaban J connectivity index is 3.01. The monoisotopic (exact) mass is 278 g/mol. The third-order valence-electron chi connectivity index (χ3n) is 3.42. The molecule has 0 spiro atoms. The molecule has 0 aliphatic heterocycles. The van der Waals surface area contributed by atoms with Gasteiger partial charge in [-0.25, -0.2) is 0 Å². The largest absolute Gasteiger partial charge is 0.466 e. The lowest BCUT2D eigenvalue weighted by Crippen LogP contribution is -2.43. The van der Waals surface area contributed by atoms with Gasteiger partial charge in [0.25, 0.3) is 0 Å². The first kappa shape index (κ1) is 16.5. The third-order valence-corrected chi connectivity index (χ3v) is 3.42. The number of esters is 1. The molecule has 1 rings (SSSR count). The Morgan fingerprint density at radius 2 is 1.90 bits per heavy atom. The molecule has 112 valence electrons. The van der Waals surface area contributed by atoms with Gasteiger partial charge in [0.05, 0.1) is 12.0 Å². The van der Waals surface area contributed by atoms with E-state index in [1.807, 2.05) is 31.2 Å². The predicted molar refractivity (Wildman–Crippen MR) is 82.1 cm³/mol. The fourth-order valence-electron chi connectivity index (χ4n) is 2.56. The van der Waals surface area contributed by atoms with Crippen molar-refractivity contribution >= 4 is 11.7 Å². The first-order valence-electron chi connectivity index (χ1n) is 7.15. The zero-order valence-electron chi connectivity index (χ0n) is 12.7. The molecular weight excluding hydrogens is 252 g/mol. The fraction of sp³-hybridized carbons (Fsp3) is 0.562. The van der Waals surface area contributed by atoms with Crippen LogP contribution in [0, 0.1) is 11.3 Å². The van der Waals surface area contributed by atoms with E-state index in [0.717, 1.165) is 5.56 Å². The second kappa shape index (κ2) is 7.29. The summed E-state index contributed by atoms with van der Waals surface area (Å²) in [6.45, 7) is 6.66. The Kier molecular flexibility index (Phi) is 6.02. The van der Waals surface area contributed by atoms with Crippen molar-refractivity contribution in [3.63, 3.8) is 0 Å². The van der Waals surface area contributed by atoms with E-state index >= 15 is 0 Å². The van der Waals surface area contributed by atoms with Crippen LogP contribution in [0.2, 0.25) is 0 Å². The van der Waals surface area contributed by atoms with Gasteiger partial charge in [0.15, 0.2) is 0 Å². The van der Waals surface area contributed by atoms with E-state index in [-0.39, 0.29) is 12.5 Å². The standard InChI is InChI=1S/C16H26N2O2/c1-4-20-15(19)16(11-17,9-12(2)3)10-13-5-7-14(18)8-6-13/h5-8,12H,4,9-11,17-18H2,1-3H3. The summed E-state index contributed by atoms with van der Waals surface area (Å²) >= 11 is 0. The lowest BCUT2D eigenvalue weighted by Gasteiger charge is -2.32. The topological polar surface area (TPSA) is 78.3 Å².